The Morgan fingerprint density at radius 1 is 0.889 bits per heavy atom. The van der Waals surface area contributed by atoms with Crippen LogP contribution in [0.5, 0.6) is 17.2 Å². The zero-order chi connectivity index (χ0) is 19.1. The van der Waals surface area contributed by atoms with E-state index in [-0.39, 0.29) is 5.91 Å². The van der Waals surface area contributed by atoms with Crippen LogP contribution >= 0.6 is 0 Å². The highest BCUT2D eigenvalue weighted by Gasteiger charge is 2.18. The first-order valence-electron chi connectivity index (χ1n) is 9.01. The van der Waals surface area contributed by atoms with E-state index < -0.39 is 6.10 Å². The van der Waals surface area contributed by atoms with Crippen LogP contribution in [-0.2, 0) is 4.79 Å². The minimum Gasteiger partial charge on any atom is -0.481 e. The van der Waals surface area contributed by atoms with Gasteiger partial charge in [-0.25, -0.2) is 0 Å². The molecule has 27 heavy (non-hydrogen) atoms. The van der Waals surface area contributed by atoms with Gasteiger partial charge in [0.15, 0.2) is 6.10 Å². The summed E-state index contributed by atoms with van der Waals surface area (Å²) >= 11 is 0. The van der Waals surface area contributed by atoms with Gasteiger partial charge in [0.2, 0.25) is 0 Å². The van der Waals surface area contributed by atoms with Gasteiger partial charge in [-0.1, -0.05) is 37.3 Å². The monoisotopic (exact) mass is 361 g/mol. The molecule has 0 aliphatic rings. The molecular formula is C23H23NO3. The number of carbonyl (C=O) groups is 1. The summed E-state index contributed by atoms with van der Waals surface area (Å²) in [4.78, 5) is 12.5. The molecule has 0 fully saturated rings. The summed E-state index contributed by atoms with van der Waals surface area (Å²) in [6.45, 7) is 3.94. The van der Waals surface area contributed by atoms with Crippen molar-refractivity contribution < 1.29 is 14.3 Å². The number of rotatable bonds is 7. The smallest absolute Gasteiger partial charge is 0.265 e. The molecule has 0 saturated heterocycles. The van der Waals surface area contributed by atoms with Gasteiger partial charge in [-0.3, -0.25) is 4.79 Å². The van der Waals surface area contributed by atoms with Crippen LogP contribution in [0.1, 0.15) is 18.9 Å². The molecular weight excluding hydrogens is 338 g/mol. The molecule has 1 amide bonds. The summed E-state index contributed by atoms with van der Waals surface area (Å²) in [5, 5.41) is 2.89. The maximum absolute atomic E-state index is 12.5. The van der Waals surface area contributed by atoms with E-state index in [9.17, 15) is 4.79 Å². The molecule has 0 radical (unpaired) electrons. The van der Waals surface area contributed by atoms with Crippen LogP contribution in [0.3, 0.4) is 0 Å². The average molecular weight is 361 g/mol. The SMILES string of the molecule is CC[C@@H](Oc1ccccc1)C(=O)Nc1ccc(Oc2cccc(C)c2)cc1. The van der Waals surface area contributed by atoms with E-state index >= 15 is 0 Å². The predicted molar refractivity (Wildman–Crippen MR) is 107 cm³/mol. The molecule has 4 nitrogen and oxygen atoms in total. The van der Waals surface area contributed by atoms with Crippen molar-refractivity contribution in [3.63, 3.8) is 0 Å². The van der Waals surface area contributed by atoms with E-state index in [4.69, 9.17) is 9.47 Å². The van der Waals surface area contributed by atoms with E-state index in [2.05, 4.69) is 5.32 Å². The van der Waals surface area contributed by atoms with Crippen LogP contribution in [0.15, 0.2) is 78.9 Å². The predicted octanol–water partition coefficient (Wildman–Crippen LogP) is 5.58. The molecule has 1 atom stereocenters. The number of benzene rings is 3. The van der Waals surface area contributed by atoms with Crippen molar-refractivity contribution in [2.75, 3.05) is 5.32 Å². The maximum Gasteiger partial charge on any atom is 0.265 e. The molecule has 4 heteroatoms. The largest absolute Gasteiger partial charge is 0.481 e. The Balaban J connectivity index is 1.60. The fraction of sp³-hybridized carbons (Fsp3) is 0.174. The third kappa shape index (κ3) is 5.35. The molecule has 0 unspecified atom stereocenters. The van der Waals surface area contributed by atoms with Crippen LogP contribution in [0.4, 0.5) is 5.69 Å². The Bertz CT molecular complexity index is 876. The molecule has 0 spiro atoms. The second-order valence-electron chi connectivity index (χ2n) is 6.26. The molecule has 0 aliphatic heterocycles. The van der Waals surface area contributed by atoms with Gasteiger partial charge < -0.3 is 14.8 Å². The highest BCUT2D eigenvalue weighted by Crippen LogP contribution is 2.24. The van der Waals surface area contributed by atoms with Crippen molar-refractivity contribution in [1.82, 2.24) is 0 Å². The van der Waals surface area contributed by atoms with E-state index in [1.54, 1.807) is 0 Å². The van der Waals surface area contributed by atoms with Gasteiger partial charge in [-0.05, 0) is 67.4 Å². The second kappa shape index (κ2) is 8.90. The molecule has 138 valence electrons. The minimum absolute atomic E-state index is 0.172. The van der Waals surface area contributed by atoms with Crippen molar-refractivity contribution in [3.05, 3.63) is 84.4 Å². The van der Waals surface area contributed by atoms with Crippen LogP contribution in [0.25, 0.3) is 0 Å². The van der Waals surface area contributed by atoms with Gasteiger partial charge in [0.1, 0.15) is 17.2 Å². The van der Waals surface area contributed by atoms with Crippen LogP contribution < -0.4 is 14.8 Å². The summed E-state index contributed by atoms with van der Waals surface area (Å²) < 4.78 is 11.6. The van der Waals surface area contributed by atoms with Gasteiger partial charge in [0.25, 0.3) is 5.91 Å². The number of hydrogen-bond donors (Lipinski definition) is 1. The Morgan fingerprint density at radius 3 is 2.26 bits per heavy atom. The highest BCUT2D eigenvalue weighted by atomic mass is 16.5. The third-order valence-electron chi connectivity index (χ3n) is 4.03. The van der Waals surface area contributed by atoms with Crippen LogP contribution in [0, 0.1) is 6.92 Å². The number of aryl methyl sites for hydroxylation is 1. The third-order valence-corrected chi connectivity index (χ3v) is 4.03. The van der Waals surface area contributed by atoms with Crippen molar-refractivity contribution in [2.24, 2.45) is 0 Å². The van der Waals surface area contributed by atoms with Crippen molar-refractivity contribution in [1.29, 1.82) is 0 Å². The van der Waals surface area contributed by atoms with Crippen LogP contribution in [0.2, 0.25) is 0 Å². The molecule has 3 aromatic rings. The Hall–Kier alpha value is -3.27. The number of carbonyl (C=O) groups excluding carboxylic acids is 1. The molecule has 1 N–H and O–H groups in total. The summed E-state index contributed by atoms with van der Waals surface area (Å²) in [6, 6.07) is 24.5. The van der Waals surface area contributed by atoms with Gasteiger partial charge in [0.05, 0.1) is 0 Å². The lowest BCUT2D eigenvalue weighted by atomic mass is 10.2. The van der Waals surface area contributed by atoms with E-state index in [1.807, 2.05) is 92.7 Å². The highest BCUT2D eigenvalue weighted by molar-refractivity contribution is 5.94. The molecule has 0 aliphatic carbocycles. The normalized spacial score (nSPS) is 11.5. The van der Waals surface area contributed by atoms with Gasteiger partial charge in [-0.2, -0.15) is 0 Å². The first kappa shape index (κ1) is 18.5. The molecule has 0 heterocycles. The topological polar surface area (TPSA) is 47.6 Å². The fourth-order valence-corrected chi connectivity index (χ4v) is 2.63. The number of hydrogen-bond acceptors (Lipinski definition) is 3. The van der Waals surface area contributed by atoms with Crippen molar-refractivity contribution >= 4 is 11.6 Å². The van der Waals surface area contributed by atoms with E-state index in [0.717, 1.165) is 11.3 Å². The first-order valence-corrected chi connectivity index (χ1v) is 9.01. The lowest BCUT2D eigenvalue weighted by Crippen LogP contribution is -2.32. The average Bonchev–Trinajstić information content (AvgIpc) is 2.68. The lowest BCUT2D eigenvalue weighted by Gasteiger charge is -2.17. The van der Waals surface area contributed by atoms with Gasteiger partial charge in [0, 0.05) is 5.69 Å². The fourth-order valence-electron chi connectivity index (χ4n) is 2.63. The lowest BCUT2D eigenvalue weighted by molar-refractivity contribution is -0.122. The summed E-state index contributed by atoms with van der Waals surface area (Å²) in [5.41, 5.74) is 1.84. The van der Waals surface area contributed by atoms with Crippen LogP contribution in [-0.4, -0.2) is 12.0 Å². The standard InChI is InChI=1S/C23H23NO3/c1-3-22(27-19-9-5-4-6-10-19)23(25)24-18-12-14-20(15-13-18)26-21-11-7-8-17(2)16-21/h4-16,22H,3H2,1-2H3,(H,24,25)/t22-/m1/s1. The summed E-state index contributed by atoms with van der Waals surface area (Å²) in [5.74, 6) is 2.01. The molecule has 0 saturated carbocycles. The van der Waals surface area contributed by atoms with Crippen molar-refractivity contribution in [2.45, 2.75) is 26.4 Å². The summed E-state index contributed by atoms with van der Waals surface area (Å²) in [7, 11) is 0. The maximum atomic E-state index is 12.5. The Kier molecular flexibility index (Phi) is 6.10. The Labute approximate surface area is 159 Å². The van der Waals surface area contributed by atoms with Crippen molar-refractivity contribution in [3.8, 4) is 17.2 Å². The summed E-state index contributed by atoms with van der Waals surface area (Å²) in [6.07, 6.45) is 0.0329. The number of anilines is 1. The number of ether oxygens (including phenoxy) is 2. The zero-order valence-electron chi connectivity index (χ0n) is 15.5. The number of amides is 1. The van der Waals surface area contributed by atoms with E-state index in [0.29, 0.717) is 23.6 Å². The quantitative estimate of drug-likeness (QED) is 0.597. The minimum atomic E-state index is -0.546. The molecule has 3 rings (SSSR count). The van der Waals surface area contributed by atoms with Gasteiger partial charge in [-0.15, -0.1) is 0 Å². The second-order valence-corrected chi connectivity index (χ2v) is 6.26. The first-order chi connectivity index (χ1) is 13.1. The molecule has 3 aromatic carbocycles. The molecule has 0 aromatic heterocycles. The van der Waals surface area contributed by atoms with Gasteiger partial charge >= 0.3 is 0 Å². The molecule has 0 bridgehead atoms. The zero-order valence-corrected chi connectivity index (χ0v) is 15.5. The van der Waals surface area contributed by atoms with E-state index in [1.165, 1.54) is 0 Å². The number of nitrogens with one attached hydrogen (secondary N) is 1. The number of para-hydroxylation sites is 1. The Morgan fingerprint density at radius 2 is 1.59 bits per heavy atom.